The molecule has 0 radical (unpaired) electrons. The van der Waals surface area contributed by atoms with Crippen molar-refractivity contribution in [2.75, 3.05) is 19.8 Å². The van der Waals surface area contributed by atoms with E-state index in [1.807, 2.05) is 13.8 Å². The molecule has 0 aromatic carbocycles. The van der Waals surface area contributed by atoms with Gasteiger partial charge in [-0.2, -0.15) is 0 Å². The van der Waals surface area contributed by atoms with Crippen LogP contribution in [-0.2, 0) is 42.9 Å². The van der Waals surface area contributed by atoms with Gasteiger partial charge in [-0.3, -0.25) is 14.4 Å². The van der Waals surface area contributed by atoms with Crippen molar-refractivity contribution in [2.45, 2.75) is 97.9 Å². The fourth-order valence-electron chi connectivity index (χ4n) is 7.37. The van der Waals surface area contributed by atoms with Gasteiger partial charge >= 0.3 is 23.9 Å². The Hall–Kier alpha value is -2.42. The molecule has 38 heavy (non-hydrogen) atoms. The van der Waals surface area contributed by atoms with E-state index in [2.05, 4.69) is 13.8 Å². The summed E-state index contributed by atoms with van der Waals surface area (Å²) >= 11 is 0. The summed E-state index contributed by atoms with van der Waals surface area (Å²) in [4.78, 5) is 49.3. The van der Waals surface area contributed by atoms with Crippen LogP contribution in [0.25, 0.3) is 0 Å². The van der Waals surface area contributed by atoms with E-state index in [0.29, 0.717) is 31.4 Å². The summed E-state index contributed by atoms with van der Waals surface area (Å²) in [7, 11) is 0. The molecule has 2 saturated carbocycles. The summed E-state index contributed by atoms with van der Waals surface area (Å²) in [6, 6.07) is 0. The topological polar surface area (TPSA) is 118 Å². The lowest BCUT2D eigenvalue weighted by Gasteiger charge is -2.63. The summed E-state index contributed by atoms with van der Waals surface area (Å²) in [5.41, 5.74) is -1.03. The average Bonchev–Trinajstić information content (AvgIpc) is 3.50. The number of carbonyl (C=O) groups excluding carboxylic acids is 4. The molecule has 9 nitrogen and oxygen atoms in total. The number of esters is 4. The summed E-state index contributed by atoms with van der Waals surface area (Å²) in [5, 5.41) is 0. The molecule has 9 heteroatoms. The molecule has 1 spiro atoms. The number of carbonyl (C=O) groups is 4. The van der Waals surface area contributed by atoms with Gasteiger partial charge in [0.1, 0.15) is 31.0 Å². The number of fused-ring (bicyclic) bond motifs is 2. The second-order valence-electron chi connectivity index (χ2n) is 12.1. The summed E-state index contributed by atoms with van der Waals surface area (Å²) in [5.74, 6) is -1.77. The van der Waals surface area contributed by atoms with Crippen molar-refractivity contribution in [3.05, 3.63) is 11.6 Å². The van der Waals surface area contributed by atoms with Gasteiger partial charge < -0.3 is 23.7 Å². The highest BCUT2D eigenvalue weighted by Crippen LogP contribution is 2.69. The number of ether oxygens (including phenoxy) is 5. The Balaban J connectivity index is 1.76. The molecule has 0 N–H and O–H groups in total. The first-order valence-electron chi connectivity index (χ1n) is 13.9. The maximum atomic E-state index is 12.9. The smallest absolute Gasteiger partial charge is 0.331 e. The van der Waals surface area contributed by atoms with E-state index in [9.17, 15) is 19.2 Å². The van der Waals surface area contributed by atoms with Crippen molar-refractivity contribution in [1.29, 1.82) is 0 Å². The van der Waals surface area contributed by atoms with Gasteiger partial charge in [-0.15, -0.1) is 0 Å². The van der Waals surface area contributed by atoms with E-state index in [-0.39, 0.29) is 42.9 Å². The molecule has 2 aliphatic heterocycles. The highest BCUT2D eigenvalue weighted by molar-refractivity contribution is 5.85. The minimum atomic E-state index is -0.731. The molecule has 8 atom stereocenters. The van der Waals surface area contributed by atoms with Crippen LogP contribution in [0.3, 0.4) is 0 Å². The van der Waals surface area contributed by atoms with Gasteiger partial charge in [0.05, 0.1) is 17.9 Å². The van der Waals surface area contributed by atoms with Crippen LogP contribution in [0.4, 0.5) is 0 Å². The van der Waals surface area contributed by atoms with Crippen LogP contribution in [-0.4, -0.2) is 61.5 Å². The predicted molar refractivity (Wildman–Crippen MR) is 136 cm³/mol. The standard InChI is InChI=1S/C29H42O9/c1-7-17(2)26(33)38-22(21-12-25(32)34-14-21)13-27(6)18(3)11-24(37-20(5)31)29(16-35-19(4)30)23(27)9-8-10-28(29)15-36-28/h12,17-18,22-24H,7-11,13-16H2,1-6H3/t17-,18+,22+,23+,24-,27-,28-,29-/m0/s1. The number of epoxide rings is 1. The van der Waals surface area contributed by atoms with Gasteiger partial charge in [0.25, 0.3) is 0 Å². The van der Waals surface area contributed by atoms with Gasteiger partial charge in [-0.05, 0) is 49.4 Å². The zero-order chi connectivity index (χ0) is 27.9. The Morgan fingerprint density at radius 2 is 1.92 bits per heavy atom. The zero-order valence-electron chi connectivity index (χ0n) is 23.5. The quantitative estimate of drug-likeness (QED) is 0.246. The average molecular weight is 535 g/mol. The highest BCUT2D eigenvalue weighted by Gasteiger charge is 2.75. The Kier molecular flexibility index (Phi) is 7.99. The van der Waals surface area contributed by atoms with E-state index in [0.717, 1.165) is 19.3 Å². The molecule has 3 fully saturated rings. The maximum absolute atomic E-state index is 12.9. The first-order chi connectivity index (χ1) is 17.9. The molecular weight excluding hydrogens is 492 g/mol. The number of cyclic esters (lactones) is 1. The van der Waals surface area contributed by atoms with Gasteiger partial charge in [-0.1, -0.05) is 34.1 Å². The summed E-state index contributed by atoms with van der Waals surface area (Å²) in [6.45, 7) is 11.6. The molecule has 212 valence electrons. The lowest BCUT2D eigenvalue weighted by Crippen LogP contribution is -2.67. The third kappa shape index (κ3) is 4.98. The first-order valence-corrected chi connectivity index (χ1v) is 13.9. The lowest BCUT2D eigenvalue weighted by molar-refractivity contribution is -0.232. The SMILES string of the molecule is CC[C@H](C)C(=O)O[C@H](C[C@@]1(C)[C@H](C)C[C@H](OC(C)=O)[C@]2(COC(C)=O)[C@@H]1CCC[C@]21CO1)C1=CC(=O)OC1. The molecule has 0 aromatic heterocycles. The van der Waals surface area contributed by atoms with Crippen molar-refractivity contribution < 1.29 is 42.9 Å². The van der Waals surface area contributed by atoms with Gasteiger partial charge in [0.15, 0.2) is 0 Å². The summed E-state index contributed by atoms with van der Waals surface area (Å²) < 4.78 is 29.2. The van der Waals surface area contributed by atoms with E-state index in [4.69, 9.17) is 23.7 Å². The largest absolute Gasteiger partial charge is 0.465 e. The van der Waals surface area contributed by atoms with Crippen LogP contribution in [0.15, 0.2) is 11.6 Å². The molecule has 0 bridgehead atoms. The second kappa shape index (κ2) is 10.6. The molecule has 1 saturated heterocycles. The molecule has 0 aromatic rings. The fourth-order valence-corrected chi connectivity index (χ4v) is 7.37. The van der Waals surface area contributed by atoms with Crippen LogP contribution >= 0.6 is 0 Å². The minimum absolute atomic E-state index is 0.0536. The van der Waals surface area contributed by atoms with Crippen molar-refractivity contribution in [2.24, 2.45) is 28.6 Å². The second-order valence-corrected chi connectivity index (χ2v) is 12.1. The maximum Gasteiger partial charge on any atom is 0.331 e. The third-order valence-electron chi connectivity index (χ3n) is 9.92. The lowest BCUT2D eigenvalue weighted by atomic mass is 9.42. The molecule has 4 rings (SSSR count). The van der Waals surface area contributed by atoms with Crippen LogP contribution < -0.4 is 0 Å². The van der Waals surface area contributed by atoms with Gasteiger partial charge in [0, 0.05) is 25.5 Å². The number of rotatable bonds is 9. The molecule has 2 aliphatic carbocycles. The van der Waals surface area contributed by atoms with Gasteiger partial charge in [0.2, 0.25) is 0 Å². The van der Waals surface area contributed by atoms with Crippen molar-refractivity contribution >= 4 is 23.9 Å². The summed E-state index contributed by atoms with van der Waals surface area (Å²) in [6.07, 6.45) is 4.53. The third-order valence-corrected chi connectivity index (χ3v) is 9.92. The Morgan fingerprint density at radius 1 is 1.21 bits per heavy atom. The highest BCUT2D eigenvalue weighted by atomic mass is 16.6. The first kappa shape index (κ1) is 28.6. The molecule has 0 amide bonds. The zero-order valence-corrected chi connectivity index (χ0v) is 23.5. The predicted octanol–water partition coefficient (Wildman–Crippen LogP) is 3.91. The Morgan fingerprint density at radius 3 is 2.47 bits per heavy atom. The molecular formula is C29H42O9. The van der Waals surface area contributed by atoms with Crippen LogP contribution in [0.2, 0.25) is 0 Å². The van der Waals surface area contributed by atoms with Crippen molar-refractivity contribution in [1.82, 2.24) is 0 Å². The number of hydrogen-bond acceptors (Lipinski definition) is 9. The van der Waals surface area contributed by atoms with E-state index < -0.39 is 40.6 Å². The molecule has 4 aliphatic rings. The molecule has 0 unspecified atom stereocenters. The Bertz CT molecular complexity index is 998. The van der Waals surface area contributed by atoms with E-state index in [1.54, 1.807) is 0 Å². The van der Waals surface area contributed by atoms with E-state index >= 15 is 0 Å². The monoisotopic (exact) mass is 534 g/mol. The van der Waals surface area contributed by atoms with E-state index in [1.165, 1.54) is 19.9 Å². The van der Waals surface area contributed by atoms with Crippen molar-refractivity contribution in [3.8, 4) is 0 Å². The van der Waals surface area contributed by atoms with Crippen LogP contribution in [0, 0.1) is 28.6 Å². The minimum Gasteiger partial charge on any atom is -0.465 e. The fraction of sp³-hybridized carbons (Fsp3) is 0.793. The van der Waals surface area contributed by atoms with Crippen LogP contribution in [0.5, 0.6) is 0 Å². The number of hydrogen-bond donors (Lipinski definition) is 0. The van der Waals surface area contributed by atoms with Gasteiger partial charge in [-0.25, -0.2) is 4.79 Å². The normalized spacial score (nSPS) is 37.4. The van der Waals surface area contributed by atoms with Crippen LogP contribution in [0.1, 0.15) is 80.1 Å². The Labute approximate surface area is 224 Å². The van der Waals surface area contributed by atoms with Crippen molar-refractivity contribution in [3.63, 3.8) is 0 Å². The molecule has 2 heterocycles.